The van der Waals surface area contributed by atoms with Gasteiger partial charge in [0, 0.05) is 0 Å². The van der Waals surface area contributed by atoms with Gasteiger partial charge in [0.05, 0.1) is 0 Å². The van der Waals surface area contributed by atoms with Crippen LogP contribution in [0.15, 0.2) is 11.1 Å². The fraction of sp³-hybridized carbons (Fsp3) is 0.833. The second-order valence-corrected chi connectivity index (χ2v) is 4.15. The summed E-state index contributed by atoms with van der Waals surface area (Å²) in [4.78, 5) is 0. The molecule has 0 spiro atoms. The van der Waals surface area contributed by atoms with Crippen LogP contribution in [0.5, 0.6) is 0 Å². The molecule has 0 aromatic heterocycles. The standard InChI is InChI=1S/C12H22/c1-4-10(2)11(3)12-8-6-5-7-9-12/h12H,4-9H2,1-3H3/b11-10-. The average molecular weight is 166 g/mol. The van der Waals surface area contributed by atoms with Gasteiger partial charge in [-0.2, -0.15) is 0 Å². The van der Waals surface area contributed by atoms with Crippen LogP contribution in [-0.4, -0.2) is 0 Å². The first kappa shape index (κ1) is 9.83. The first-order valence-electron chi connectivity index (χ1n) is 5.42. The zero-order valence-electron chi connectivity index (χ0n) is 8.82. The highest BCUT2D eigenvalue weighted by Gasteiger charge is 2.15. The predicted molar refractivity (Wildman–Crippen MR) is 55.2 cm³/mol. The van der Waals surface area contributed by atoms with Crippen LogP contribution in [0.4, 0.5) is 0 Å². The lowest BCUT2D eigenvalue weighted by atomic mass is 9.82. The molecule has 0 aromatic carbocycles. The zero-order chi connectivity index (χ0) is 8.97. The van der Waals surface area contributed by atoms with E-state index < -0.39 is 0 Å². The SMILES string of the molecule is CC/C(C)=C(/C)C1CCCCC1. The minimum absolute atomic E-state index is 0.929. The summed E-state index contributed by atoms with van der Waals surface area (Å²) < 4.78 is 0. The van der Waals surface area contributed by atoms with Gasteiger partial charge in [-0.05, 0) is 39.0 Å². The summed E-state index contributed by atoms with van der Waals surface area (Å²) in [5, 5.41) is 0. The Hall–Kier alpha value is -0.260. The van der Waals surface area contributed by atoms with Crippen molar-refractivity contribution in [2.24, 2.45) is 5.92 Å². The predicted octanol–water partition coefficient (Wildman–Crippen LogP) is 4.31. The van der Waals surface area contributed by atoms with Gasteiger partial charge in [-0.25, -0.2) is 0 Å². The Bertz CT molecular complexity index is 159. The lowest BCUT2D eigenvalue weighted by Gasteiger charge is -2.24. The highest BCUT2D eigenvalue weighted by molar-refractivity contribution is 5.12. The van der Waals surface area contributed by atoms with Crippen molar-refractivity contribution in [1.82, 2.24) is 0 Å². The molecule has 0 aliphatic heterocycles. The molecule has 1 aliphatic carbocycles. The molecule has 0 amide bonds. The van der Waals surface area contributed by atoms with Gasteiger partial charge in [-0.15, -0.1) is 0 Å². The Morgan fingerprint density at radius 3 is 2.17 bits per heavy atom. The maximum atomic E-state index is 2.34. The second kappa shape index (κ2) is 4.69. The third-order valence-electron chi connectivity index (χ3n) is 3.42. The van der Waals surface area contributed by atoms with E-state index in [1.165, 1.54) is 38.5 Å². The molecular weight excluding hydrogens is 144 g/mol. The molecule has 1 aliphatic rings. The van der Waals surface area contributed by atoms with E-state index in [2.05, 4.69) is 20.8 Å². The Labute approximate surface area is 77.1 Å². The normalized spacial score (nSPS) is 22.2. The molecule has 0 atom stereocenters. The monoisotopic (exact) mass is 166 g/mol. The summed E-state index contributed by atoms with van der Waals surface area (Å²) in [6, 6.07) is 0. The molecule has 0 heterocycles. The van der Waals surface area contributed by atoms with Crippen molar-refractivity contribution >= 4 is 0 Å². The summed E-state index contributed by atoms with van der Waals surface area (Å²) in [5.74, 6) is 0.929. The number of allylic oxidation sites excluding steroid dienone is 2. The maximum absolute atomic E-state index is 2.34. The molecule has 12 heavy (non-hydrogen) atoms. The average Bonchev–Trinajstić information content (AvgIpc) is 2.17. The van der Waals surface area contributed by atoms with Gasteiger partial charge in [0.15, 0.2) is 0 Å². The van der Waals surface area contributed by atoms with E-state index in [0.29, 0.717) is 0 Å². The topological polar surface area (TPSA) is 0 Å². The first-order valence-corrected chi connectivity index (χ1v) is 5.42. The number of hydrogen-bond donors (Lipinski definition) is 0. The maximum Gasteiger partial charge on any atom is -0.0203 e. The summed E-state index contributed by atoms with van der Waals surface area (Å²) in [7, 11) is 0. The molecule has 0 heteroatoms. The van der Waals surface area contributed by atoms with Crippen LogP contribution in [0, 0.1) is 5.92 Å². The van der Waals surface area contributed by atoms with Gasteiger partial charge in [-0.1, -0.05) is 37.3 Å². The minimum atomic E-state index is 0.929. The van der Waals surface area contributed by atoms with Crippen LogP contribution < -0.4 is 0 Å². The van der Waals surface area contributed by atoms with E-state index >= 15 is 0 Å². The fourth-order valence-corrected chi connectivity index (χ4v) is 2.16. The van der Waals surface area contributed by atoms with Crippen LogP contribution in [0.3, 0.4) is 0 Å². The van der Waals surface area contributed by atoms with Crippen molar-refractivity contribution in [2.45, 2.75) is 59.3 Å². The van der Waals surface area contributed by atoms with E-state index in [1.54, 1.807) is 11.1 Å². The molecule has 1 saturated carbocycles. The molecule has 0 nitrogen and oxygen atoms in total. The summed E-state index contributed by atoms with van der Waals surface area (Å²) in [6.07, 6.45) is 8.52. The van der Waals surface area contributed by atoms with Crippen molar-refractivity contribution in [3.05, 3.63) is 11.1 Å². The molecule has 0 unspecified atom stereocenters. The summed E-state index contributed by atoms with van der Waals surface area (Å²) in [6.45, 7) is 6.90. The van der Waals surface area contributed by atoms with Crippen molar-refractivity contribution in [3.8, 4) is 0 Å². The molecule has 0 aromatic rings. The van der Waals surface area contributed by atoms with Gasteiger partial charge in [0.2, 0.25) is 0 Å². The van der Waals surface area contributed by atoms with Crippen molar-refractivity contribution in [3.63, 3.8) is 0 Å². The highest BCUT2D eigenvalue weighted by atomic mass is 14.2. The summed E-state index contributed by atoms with van der Waals surface area (Å²) >= 11 is 0. The van der Waals surface area contributed by atoms with Gasteiger partial charge in [0.25, 0.3) is 0 Å². The highest BCUT2D eigenvalue weighted by Crippen LogP contribution is 2.31. The molecular formula is C12H22. The van der Waals surface area contributed by atoms with Crippen LogP contribution in [0.25, 0.3) is 0 Å². The molecule has 0 bridgehead atoms. The quantitative estimate of drug-likeness (QED) is 0.536. The van der Waals surface area contributed by atoms with Gasteiger partial charge in [0.1, 0.15) is 0 Å². The summed E-state index contributed by atoms with van der Waals surface area (Å²) in [5.41, 5.74) is 3.32. The van der Waals surface area contributed by atoms with Crippen molar-refractivity contribution in [1.29, 1.82) is 0 Å². The molecule has 0 N–H and O–H groups in total. The van der Waals surface area contributed by atoms with Crippen LogP contribution >= 0.6 is 0 Å². The number of rotatable bonds is 2. The molecule has 1 rings (SSSR count). The second-order valence-electron chi connectivity index (χ2n) is 4.15. The molecule has 1 fully saturated rings. The molecule has 0 saturated heterocycles. The Morgan fingerprint density at radius 2 is 1.67 bits per heavy atom. The van der Waals surface area contributed by atoms with Gasteiger partial charge >= 0.3 is 0 Å². The van der Waals surface area contributed by atoms with Gasteiger partial charge < -0.3 is 0 Å². The lowest BCUT2D eigenvalue weighted by Crippen LogP contribution is -2.08. The fourth-order valence-electron chi connectivity index (χ4n) is 2.16. The Balaban J connectivity index is 2.55. The largest absolute Gasteiger partial charge is 0.0744 e. The van der Waals surface area contributed by atoms with Crippen LogP contribution in [-0.2, 0) is 0 Å². The lowest BCUT2D eigenvalue weighted by molar-refractivity contribution is 0.400. The van der Waals surface area contributed by atoms with Gasteiger partial charge in [-0.3, -0.25) is 0 Å². The minimum Gasteiger partial charge on any atom is -0.0744 e. The van der Waals surface area contributed by atoms with Crippen molar-refractivity contribution < 1.29 is 0 Å². The molecule has 70 valence electrons. The first-order chi connectivity index (χ1) is 5.75. The van der Waals surface area contributed by atoms with E-state index in [9.17, 15) is 0 Å². The van der Waals surface area contributed by atoms with Crippen molar-refractivity contribution in [2.75, 3.05) is 0 Å². The van der Waals surface area contributed by atoms with E-state index in [1.807, 2.05) is 0 Å². The Morgan fingerprint density at radius 1 is 1.08 bits per heavy atom. The van der Waals surface area contributed by atoms with E-state index in [4.69, 9.17) is 0 Å². The van der Waals surface area contributed by atoms with Crippen LogP contribution in [0.2, 0.25) is 0 Å². The zero-order valence-corrected chi connectivity index (χ0v) is 8.82. The van der Waals surface area contributed by atoms with Crippen LogP contribution in [0.1, 0.15) is 59.3 Å². The third-order valence-corrected chi connectivity index (χ3v) is 3.42. The van der Waals surface area contributed by atoms with E-state index in [-0.39, 0.29) is 0 Å². The Kier molecular flexibility index (Phi) is 3.84. The number of hydrogen-bond acceptors (Lipinski definition) is 0. The molecule has 0 radical (unpaired) electrons. The smallest absolute Gasteiger partial charge is 0.0203 e. The third kappa shape index (κ3) is 2.36. The van der Waals surface area contributed by atoms with E-state index in [0.717, 1.165) is 5.92 Å².